The van der Waals surface area contributed by atoms with Gasteiger partial charge in [-0.3, -0.25) is 4.18 Å². The minimum Gasteiger partial charge on any atom is -0.266 e. The molecule has 0 amide bonds. The Morgan fingerprint density at radius 2 is 1.60 bits per heavy atom. The van der Waals surface area contributed by atoms with Crippen molar-refractivity contribution in [1.29, 1.82) is 0 Å². The molecule has 0 radical (unpaired) electrons. The van der Waals surface area contributed by atoms with Crippen LogP contribution in [0.1, 0.15) is 58.9 Å². The van der Waals surface area contributed by atoms with E-state index in [0.29, 0.717) is 0 Å². The maximum absolute atomic E-state index is 12.0. The van der Waals surface area contributed by atoms with Crippen molar-refractivity contribution < 1.29 is 12.6 Å². The summed E-state index contributed by atoms with van der Waals surface area (Å²) < 4.78 is 29.1. The van der Waals surface area contributed by atoms with Crippen molar-refractivity contribution in [2.24, 2.45) is 0 Å². The van der Waals surface area contributed by atoms with Gasteiger partial charge in [-0.05, 0) is 29.5 Å². The Morgan fingerprint density at radius 1 is 1.00 bits per heavy atom. The smallest absolute Gasteiger partial charge is 0.266 e. The summed E-state index contributed by atoms with van der Waals surface area (Å²) in [5.74, 6) is 0. The van der Waals surface area contributed by atoms with Crippen LogP contribution in [0.2, 0.25) is 0 Å². The molecule has 3 nitrogen and oxygen atoms in total. The third-order valence-corrected chi connectivity index (χ3v) is 4.57. The average Bonchev–Trinajstić information content (AvgIpc) is 2.37. The molecule has 0 N–H and O–H groups in total. The SMILES string of the molecule is CCCCCCOS(=O)(=O)c1ccc(C(C)(C)C)cc1. The van der Waals surface area contributed by atoms with E-state index in [0.717, 1.165) is 31.2 Å². The summed E-state index contributed by atoms with van der Waals surface area (Å²) in [6, 6.07) is 6.96. The molecule has 20 heavy (non-hydrogen) atoms. The van der Waals surface area contributed by atoms with Gasteiger partial charge in [0.2, 0.25) is 0 Å². The van der Waals surface area contributed by atoms with E-state index in [1.54, 1.807) is 12.1 Å². The zero-order chi connectivity index (χ0) is 15.2. The van der Waals surface area contributed by atoms with Crippen molar-refractivity contribution in [3.63, 3.8) is 0 Å². The largest absolute Gasteiger partial charge is 0.296 e. The van der Waals surface area contributed by atoms with Gasteiger partial charge in [-0.2, -0.15) is 8.42 Å². The normalized spacial score (nSPS) is 12.6. The lowest BCUT2D eigenvalue weighted by Gasteiger charge is -2.19. The lowest BCUT2D eigenvalue weighted by molar-refractivity contribution is 0.307. The first kappa shape index (κ1) is 17.2. The Morgan fingerprint density at radius 3 is 2.10 bits per heavy atom. The molecular weight excluding hydrogens is 272 g/mol. The molecule has 114 valence electrons. The second-order valence-corrected chi connectivity index (χ2v) is 7.73. The van der Waals surface area contributed by atoms with Gasteiger partial charge in [-0.1, -0.05) is 59.1 Å². The summed E-state index contributed by atoms with van der Waals surface area (Å²) >= 11 is 0. The fraction of sp³-hybridized carbons (Fsp3) is 0.625. The van der Waals surface area contributed by atoms with Crippen LogP contribution in [-0.2, 0) is 19.7 Å². The van der Waals surface area contributed by atoms with E-state index in [4.69, 9.17) is 4.18 Å². The highest BCUT2D eigenvalue weighted by atomic mass is 32.2. The molecule has 0 atom stereocenters. The maximum Gasteiger partial charge on any atom is 0.296 e. The predicted molar refractivity (Wildman–Crippen MR) is 82.4 cm³/mol. The Bertz CT molecular complexity index is 496. The van der Waals surface area contributed by atoms with Crippen molar-refractivity contribution in [3.05, 3.63) is 29.8 Å². The molecule has 4 heteroatoms. The van der Waals surface area contributed by atoms with Crippen molar-refractivity contribution >= 4 is 10.1 Å². The minimum absolute atomic E-state index is 0.0172. The summed E-state index contributed by atoms with van der Waals surface area (Å²) in [7, 11) is -3.61. The van der Waals surface area contributed by atoms with Crippen LogP contribution >= 0.6 is 0 Å². The molecule has 1 rings (SSSR count). The van der Waals surface area contributed by atoms with Crippen molar-refractivity contribution in [2.75, 3.05) is 6.61 Å². The van der Waals surface area contributed by atoms with E-state index in [-0.39, 0.29) is 16.9 Å². The molecule has 0 fully saturated rings. The second kappa shape index (κ2) is 7.23. The standard InChI is InChI=1S/C16H26O3S/c1-5-6-7-8-13-19-20(17,18)15-11-9-14(10-12-15)16(2,3)4/h9-12H,5-8,13H2,1-4H3. The monoisotopic (exact) mass is 298 g/mol. The summed E-state index contributed by atoms with van der Waals surface area (Å²) in [5.41, 5.74) is 1.13. The van der Waals surface area contributed by atoms with E-state index in [9.17, 15) is 8.42 Å². The number of unbranched alkanes of at least 4 members (excludes halogenated alkanes) is 3. The molecule has 0 aromatic heterocycles. The Hall–Kier alpha value is -0.870. The van der Waals surface area contributed by atoms with Gasteiger partial charge in [0.05, 0.1) is 11.5 Å². The lowest BCUT2D eigenvalue weighted by atomic mass is 9.87. The van der Waals surface area contributed by atoms with Gasteiger partial charge in [0, 0.05) is 0 Å². The number of hydrogen-bond acceptors (Lipinski definition) is 3. The predicted octanol–water partition coefficient (Wildman–Crippen LogP) is 4.27. The minimum atomic E-state index is -3.61. The molecule has 0 spiro atoms. The summed E-state index contributed by atoms with van der Waals surface area (Å²) in [6.07, 6.45) is 4.03. The van der Waals surface area contributed by atoms with Crippen molar-refractivity contribution in [2.45, 2.75) is 63.7 Å². The molecule has 0 bridgehead atoms. The highest BCUT2D eigenvalue weighted by Gasteiger charge is 2.18. The topological polar surface area (TPSA) is 43.4 Å². The fourth-order valence-corrected chi connectivity index (χ4v) is 2.83. The zero-order valence-electron chi connectivity index (χ0n) is 13.0. The fourth-order valence-electron chi connectivity index (χ4n) is 1.89. The van der Waals surface area contributed by atoms with Gasteiger partial charge in [0.25, 0.3) is 10.1 Å². The van der Waals surface area contributed by atoms with Gasteiger partial charge >= 0.3 is 0 Å². The molecular formula is C16H26O3S. The van der Waals surface area contributed by atoms with Crippen LogP contribution in [0.4, 0.5) is 0 Å². The van der Waals surface area contributed by atoms with Crippen molar-refractivity contribution in [1.82, 2.24) is 0 Å². The van der Waals surface area contributed by atoms with Crippen LogP contribution in [0.5, 0.6) is 0 Å². The van der Waals surface area contributed by atoms with E-state index in [1.807, 2.05) is 12.1 Å². The maximum atomic E-state index is 12.0. The molecule has 0 saturated heterocycles. The Kier molecular flexibility index (Phi) is 6.21. The van der Waals surface area contributed by atoms with E-state index in [1.165, 1.54) is 0 Å². The average molecular weight is 298 g/mol. The summed E-state index contributed by atoms with van der Waals surface area (Å²) in [6.45, 7) is 8.68. The first-order valence-electron chi connectivity index (χ1n) is 7.27. The molecule has 1 aromatic rings. The zero-order valence-corrected chi connectivity index (χ0v) is 13.8. The van der Waals surface area contributed by atoms with Gasteiger partial charge in [-0.25, -0.2) is 0 Å². The van der Waals surface area contributed by atoms with Crippen LogP contribution in [0.3, 0.4) is 0 Å². The van der Waals surface area contributed by atoms with Crippen LogP contribution in [0, 0.1) is 0 Å². The number of benzene rings is 1. The van der Waals surface area contributed by atoms with Crippen molar-refractivity contribution in [3.8, 4) is 0 Å². The quantitative estimate of drug-likeness (QED) is 0.557. The highest BCUT2D eigenvalue weighted by Crippen LogP contribution is 2.24. The van der Waals surface area contributed by atoms with Crippen LogP contribution in [-0.4, -0.2) is 15.0 Å². The summed E-state index contributed by atoms with van der Waals surface area (Å²) in [5, 5.41) is 0. The van der Waals surface area contributed by atoms with Gasteiger partial charge in [0.1, 0.15) is 0 Å². The highest BCUT2D eigenvalue weighted by molar-refractivity contribution is 7.86. The first-order valence-corrected chi connectivity index (χ1v) is 8.68. The van der Waals surface area contributed by atoms with Gasteiger partial charge < -0.3 is 0 Å². The molecule has 0 aliphatic rings. The number of hydrogen-bond donors (Lipinski definition) is 0. The van der Waals surface area contributed by atoms with Gasteiger partial charge in [-0.15, -0.1) is 0 Å². The van der Waals surface area contributed by atoms with Gasteiger partial charge in [0.15, 0.2) is 0 Å². The van der Waals surface area contributed by atoms with Crippen LogP contribution < -0.4 is 0 Å². The lowest BCUT2D eigenvalue weighted by Crippen LogP contribution is -2.12. The first-order chi connectivity index (χ1) is 9.27. The number of rotatable bonds is 7. The summed E-state index contributed by atoms with van der Waals surface area (Å²) in [4.78, 5) is 0.237. The Labute approximate surface area is 123 Å². The molecule has 1 aromatic carbocycles. The molecule has 0 heterocycles. The Balaban J connectivity index is 2.64. The molecule has 0 saturated carbocycles. The third kappa shape index (κ3) is 5.25. The molecule has 0 aliphatic carbocycles. The van der Waals surface area contributed by atoms with Crippen LogP contribution in [0.25, 0.3) is 0 Å². The van der Waals surface area contributed by atoms with Crippen LogP contribution in [0.15, 0.2) is 29.2 Å². The molecule has 0 aliphatic heterocycles. The van der Waals surface area contributed by atoms with E-state index in [2.05, 4.69) is 27.7 Å². The third-order valence-electron chi connectivity index (χ3n) is 3.25. The molecule has 0 unspecified atom stereocenters. The van der Waals surface area contributed by atoms with E-state index >= 15 is 0 Å². The second-order valence-electron chi connectivity index (χ2n) is 6.11. The van der Waals surface area contributed by atoms with E-state index < -0.39 is 10.1 Å².